The van der Waals surface area contributed by atoms with Crippen LogP contribution in [0.1, 0.15) is 29.5 Å². The van der Waals surface area contributed by atoms with Gasteiger partial charge in [0.1, 0.15) is 5.54 Å². The second kappa shape index (κ2) is 9.19. The third-order valence-corrected chi connectivity index (χ3v) is 7.70. The van der Waals surface area contributed by atoms with Gasteiger partial charge in [0.25, 0.3) is 0 Å². The highest BCUT2D eigenvalue weighted by Crippen LogP contribution is 2.53. The number of amides is 3. The first-order chi connectivity index (χ1) is 17.7. The number of fused-ring (bicyclic) bond motifs is 4. The Morgan fingerprint density at radius 3 is 2.51 bits per heavy atom. The Balaban J connectivity index is 1.48. The van der Waals surface area contributed by atoms with E-state index in [0.717, 1.165) is 11.1 Å². The molecule has 0 aliphatic carbocycles. The summed E-state index contributed by atoms with van der Waals surface area (Å²) < 4.78 is 10.6. The number of aliphatic carboxylic acids is 1. The van der Waals surface area contributed by atoms with Crippen LogP contribution in [-0.2, 0) is 31.1 Å². The SMILES string of the molecule is COc1ccc(CCN2C(=O)[C@@H]3[C@H](CCC(=O)O)N[C@]4(C(=O)Nc5ccc(C)cc54)[C@@H]3C2=O)cc1OC. The quantitative estimate of drug-likeness (QED) is 0.461. The molecule has 10 nitrogen and oxygen atoms in total. The van der Waals surface area contributed by atoms with Crippen LogP contribution in [0.15, 0.2) is 36.4 Å². The number of imide groups is 1. The number of nitrogens with one attached hydrogen (secondary N) is 2. The predicted octanol–water partition coefficient (Wildman–Crippen LogP) is 1.84. The minimum atomic E-state index is -1.43. The molecule has 37 heavy (non-hydrogen) atoms. The number of rotatable bonds is 8. The number of hydrogen-bond acceptors (Lipinski definition) is 7. The van der Waals surface area contributed by atoms with Gasteiger partial charge >= 0.3 is 5.97 Å². The summed E-state index contributed by atoms with van der Waals surface area (Å²) in [5, 5.41) is 15.4. The number of nitrogens with zero attached hydrogens (tertiary/aromatic N) is 1. The molecule has 4 atom stereocenters. The van der Waals surface area contributed by atoms with Crippen molar-refractivity contribution in [3.63, 3.8) is 0 Å². The number of methoxy groups -OCH3 is 2. The van der Waals surface area contributed by atoms with Crippen LogP contribution in [0.2, 0.25) is 0 Å². The largest absolute Gasteiger partial charge is 0.493 e. The lowest BCUT2D eigenvalue weighted by Crippen LogP contribution is -2.53. The lowest BCUT2D eigenvalue weighted by molar-refractivity contribution is -0.143. The van der Waals surface area contributed by atoms with E-state index >= 15 is 0 Å². The second-order valence-corrected chi connectivity index (χ2v) is 9.77. The Morgan fingerprint density at radius 2 is 1.81 bits per heavy atom. The number of carbonyl (C=O) groups excluding carboxylic acids is 3. The van der Waals surface area contributed by atoms with Crippen LogP contribution < -0.4 is 20.1 Å². The van der Waals surface area contributed by atoms with Gasteiger partial charge in [-0.05, 0) is 43.5 Å². The second-order valence-electron chi connectivity index (χ2n) is 9.77. The van der Waals surface area contributed by atoms with Crippen LogP contribution >= 0.6 is 0 Å². The van der Waals surface area contributed by atoms with Gasteiger partial charge in [-0.25, -0.2) is 0 Å². The lowest BCUT2D eigenvalue weighted by Gasteiger charge is -2.29. The number of ether oxygens (including phenoxy) is 2. The van der Waals surface area contributed by atoms with Crippen LogP contribution in [-0.4, -0.2) is 60.5 Å². The summed E-state index contributed by atoms with van der Waals surface area (Å²) in [5.74, 6) is -2.90. The van der Waals surface area contributed by atoms with Gasteiger partial charge in [-0.2, -0.15) is 0 Å². The molecule has 3 aliphatic heterocycles. The molecule has 0 unspecified atom stereocenters. The number of likely N-dealkylation sites (tertiary alicyclic amines) is 1. The van der Waals surface area contributed by atoms with Crippen molar-refractivity contribution in [3.05, 3.63) is 53.1 Å². The minimum absolute atomic E-state index is 0.120. The van der Waals surface area contributed by atoms with Gasteiger partial charge in [-0.3, -0.25) is 29.4 Å². The summed E-state index contributed by atoms with van der Waals surface area (Å²) in [6.45, 7) is 2.02. The topological polar surface area (TPSA) is 134 Å². The van der Waals surface area contributed by atoms with E-state index in [-0.39, 0.29) is 25.3 Å². The molecule has 2 fully saturated rings. The third-order valence-electron chi connectivity index (χ3n) is 7.70. The zero-order chi connectivity index (χ0) is 26.5. The number of anilines is 1. The Hall–Kier alpha value is -3.92. The minimum Gasteiger partial charge on any atom is -0.493 e. The number of carbonyl (C=O) groups is 4. The highest BCUT2D eigenvalue weighted by Gasteiger charge is 2.70. The first-order valence-corrected chi connectivity index (χ1v) is 12.2. The van der Waals surface area contributed by atoms with Crippen LogP contribution in [0.5, 0.6) is 11.5 Å². The Morgan fingerprint density at radius 1 is 1.05 bits per heavy atom. The van der Waals surface area contributed by atoms with Gasteiger partial charge in [-0.15, -0.1) is 0 Å². The van der Waals surface area contributed by atoms with Gasteiger partial charge in [0.15, 0.2) is 11.5 Å². The first kappa shape index (κ1) is 24.8. The standard InChI is InChI=1S/C27H29N3O7/c1-14-4-6-17-16(12-14)27(26(35)28-17)23-22(18(29-27)7-9-21(31)32)24(33)30(25(23)34)11-10-15-5-8-19(36-2)20(13-15)37-3/h4-6,8,12-13,18,22-23,29H,7,9-11H2,1-3H3,(H,28,35)(H,31,32)/t18-,22+,23-,27-/m0/s1. The van der Waals surface area contributed by atoms with Crippen LogP contribution in [0.3, 0.4) is 0 Å². The van der Waals surface area contributed by atoms with Crippen molar-refractivity contribution in [2.75, 3.05) is 26.1 Å². The van der Waals surface area contributed by atoms with Crippen LogP contribution in [0.4, 0.5) is 5.69 Å². The van der Waals surface area contributed by atoms with E-state index in [9.17, 15) is 24.3 Å². The Labute approximate surface area is 213 Å². The molecule has 3 aliphatic rings. The fourth-order valence-electron chi connectivity index (χ4n) is 6.00. The highest BCUT2D eigenvalue weighted by atomic mass is 16.5. The molecule has 0 radical (unpaired) electrons. The van der Waals surface area contributed by atoms with Gasteiger partial charge < -0.3 is 19.9 Å². The van der Waals surface area contributed by atoms with Gasteiger partial charge in [0, 0.05) is 30.3 Å². The van der Waals surface area contributed by atoms with E-state index < -0.39 is 41.2 Å². The molecule has 5 rings (SSSR count). The molecule has 3 heterocycles. The van der Waals surface area contributed by atoms with Crippen molar-refractivity contribution in [3.8, 4) is 11.5 Å². The number of carboxylic acids is 1. The maximum Gasteiger partial charge on any atom is 0.303 e. The summed E-state index contributed by atoms with van der Waals surface area (Å²) in [6.07, 6.45) is 0.320. The summed E-state index contributed by atoms with van der Waals surface area (Å²) in [4.78, 5) is 53.6. The number of aryl methyl sites for hydroxylation is 1. The molecule has 2 saturated heterocycles. The molecule has 194 valence electrons. The lowest BCUT2D eigenvalue weighted by atomic mass is 9.76. The van der Waals surface area contributed by atoms with Gasteiger partial charge in [-0.1, -0.05) is 23.8 Å². The third kappa shape index (κ3) is 3.83. The average Bonchev–Trinajstić information content (AvgIpc) is 3.45. The van der Waals surface area contributed by atoms with E-state index in [1.807, 2.05) is 25.1 Å². The van der Waals surface area contributed by atoms with Crippen molar-refractivity contribution in [1.82, 2.24) is 10.2 Å². The zero-order valence-corrected chi connectivity index (χ0v) is 20.9. The van der Waals surface area contributed by atoms with Crippen LogP contribution in [0.25, 0.3) is 0 Å². The summed E-state index contributed by atoms with van der Waals surface area (Å²) in [6, 6.07) is 10.3. The molecule has 0 saturated carbocycles. The molecule has 3 amide bonds. The maximum absolute atomic E-state index is 13.9. The van der Waals surface area contributed by atoms with Crippen molar-refractivity contribution in [1.29, 1.82) is 0 Å². The smallest absolute Gasteiger partial charge is 0.303 e. The summed E-state index contributed by atoms with van der Waals surface area (Å²) in [5.41, 5.74) is 1.53. The Kier molecular flexibility index (Phi) is 6.15. The van der Waals surface area contributed by atoms with E-state index in [1.165, 1.54) is 12.0 Å². The molecule has 0 aromatic heterocycles. The molecular formula is C27H29N3O7. The van der Waals surface area contributed by atoms with E-state index in [1.54, 1.807) is 25.3 Å². The van der Waals surface area contributed by atoms with E-state index in [2.05, 4.69) is 10.6 Å². The molecule has 2 aromatic carbocycles. The fourth-order valence-corrected chi connectivity index (χ4v) is 6.00. The highest BCUT2D eigenvalue weighted by molar-refractivity contribution is 6.15. The monoisotopic (exact) mass is 507 g/mol. The van der Waals surface area contributed by atoms with Gasteiger partial charge in [0.05, 0.1) is 26.1 Å². The van der Waals surface area contributed by atoms with Crippen LogP contribution in [0, 0.1) is 18.8 Å². The maximum atomic E-state index is 13.9. The van der Waals surface area contributed by atoms with Crippen molar-refractivity contribution < 1.29 is 33.8 Å². The molecule has 3 N–H and O–H groups in total. The predicted molar refractivity (Wildman–Crippen MR) is 132 cm³/mol. The van der Waals surface area contributed by atoms with Crippen molar-refractivity contribution in [2.24, 2.45) is 11.8 Å². The number of benzene rings is 2. The first-order valence-electron chi connectivity index (χ1n) is 12.2. The van der Waals surface area contributed by atoms with E-state index in [0.29, 0.717) is 29.2 Å². The molecule has 0 bridgehead atoms. The average molecular weight is 508 g/mol. The fraction of sp³-hybridized carbons (Fsp3) is 0.407. The molecule has 1 spiro atoms. The van der Waals surface area contributed by atoms with Gasteiger partial charge in [0.2, 0.25) is 17.7 Å². The number of carboxylic acid groups (broad SMARTS) is 1. The molecular weight excluding hydrogens is 478 g/mol. The number of hydrogen-bond donors (Lipinski definition) is 3. The Bertz CT molecular complexity index is 1310. The van der Waals surface area contributed by atoms with E-state index in [4.69, 9.17) is 9.47 Å². The zero-order valence-electron chi connectivity index (χ0n) is 20.9. The van der Waals surface area contributed by atoms with Crippen molar-refractivity contribution in [2.45, 2.75) is 37.8 Å². The molecule has 10 heteroatoms. The summed E-state index contributed by atoms with van der Waals surface area (Å²) >= 11 is 0. The normalized spacial score (nSPS) is 25.9. The van der Waals surface area contributed by atoms with Crippen molar-refractivity contribution >= 4 is 29.4 Å². The summed E-state index contributed by atoms with van der Waals surface area (Å²) in [7, 11) is 3.08. The molecule has 2 aromatic rings.